The number of benzene rings is 3. The normalized spacial score (nSPS) is 17.4. The Labute approximate surface area is 181 Å². The van der Waals surface area contributed by atoms with Gasteiger partial charge in [-0.2, -0.15) is 4.57 Å². The van der Waals surface area contributed by atoms with Crippen molar-refractivity contribution in [3.05, 3.63) is 78.5 Å². The lowest BCUT2D eigenvalue weighted by Gasteiger charge is -2.40. The minimum atomic E-state index is 0.153. The summed E-state index contributed by atoms with van der Waals surface area (Å²) < 4.78 is 5.39. The van der Waals surface area contributed by atoms with Gasteiger partial charge in [0.2, 0.25) is 5.69 Å². The summed E-state index contributed by atoms with van der Waals surface area (Å²) in [5, 5.41) is 5.45. The van der Waals surface area contributed by atoms with Crippen LogP contribution in [-0.4, -0.2) is 0 Å². The van der Waals surface area contributed by atoms with Gasteiger partial charge < -0.3 is 0 Å². The standard InChI is InChI=1S/C28H26NS/c1-4-28(5-2)18(3)29-17-16-19-10-6-7-11-20(19)26(29)25-23(28)15-14-22-21-12-8-9-13-24(21)30-27(22)25/h6-18H,4-5H2,1-3H3/q+1. The molecule has 1 aliphatic heterocycles. The molecule has 0 aliphatic carbocycles. The molecule has 148 valence electrons. The maximum absolute atomic E-state index is 2.57. The van der Waals surface area contributed by atoms with Gasteiger partial charge in [0, 0.05) is 26.2 Å². The zero-order chi connectivity index (χ0) is 20.5. The smallest absolute Gasteiger partial charge is 0.194 e. The predicted octanol–water partition coefficient (Wildman–Crippen LogP) is 7.79. The molecule has 2 heteroatoms. The molecule has 0 saturated heterocycles. The van der Waals surface area contributed by atoms with Crippen molar-refractivity contribution >= 4 is 42.3 Å². The lowest BCUT2D eigenvalue weighted by Crippen LogP contribution is -2.54. The fourth-order valence-electron chi connectivity index (χ4n) is 5.97. The summed E-state index contributed by atoms with van der Waals surface area (Å²) in [5.41, 5.74) is 4.55. The third kappa shape index (κ3) is 2.15. The first-order valence-electron chi connectivity index (χ1n) is 11.1. The van der Waals surface area contributed by atoms with Gasteiger partial charge in [0.05, 0.1) is 16.4 Å². The van der Waals surface area contributed by atoms with E-state index in [1.165, 1.54) is 47.8 Å². The van der Waals surface area contributed by atoms with Gasteiger partial charge in [0.25, 0.3) is 0 Å². The van der Waals surface area contributed by atoms with Crippen LogP contribution in [0.15, 0.2) is 72.9 Å². The van der Waals surface area contributed by atoms with Crippen molar-refractivity contribution in [3.8, 4) is 11.3 Å². The molecule has 2 aromatic heterocycles. The number of rotatable bonds is 2. The highest BCUT2D eigenvalue weighted by atomic mass is 32.1. The Morgan fingerprint density at radius 1 is 0.833 bits per heavy atom. The van der Waals surface area contributed by atoms with Crippen molar-refractivity contribution in [2.45, 2.75) is 45.1 Å². The highest BCUT2D eigenvalue weighted by Gasteiger charge is 2.48. The first-order chi connectivity index (χ1) is 14.7. The van der Waals surface area contributed by atoms with Crippen molar-refractivity contribution in [1.82, 2.24) is 0 Å². The van der Waals surface area contributed by atoms with E-state index >= 15 is 0 Å². The highest BCUT2D eigenvalue weighted by molar-refractivity contribution is 7.26. The van der Waals surface area contributed by atoms with E-state index in [1.807, 2.05) is 11.3 Å². The van der Waals surface area contributed by atoms with Crippen LogP contribution in [0, 0.1) is 0 Å². The SMILES string of the molecule is CCC1(CC)c2ccc3c(sc4ccccc43)c2-c2c3ccccc3cc[n+]2C1C. The van der Waals surface area contributed by atoms with E-state index in [2.05, 4.69) is 98.3 Å². The van der Waals surface area contributed by atoms with E-state index in [0.29, 0.717) is 6.04 Å². The average molecular weight is 409 g/mol. The zero-order valence-electron chi connectivity index (χ0n) is 17.8. The topological polar surface area (TPSA) is 3.88 Å². The molecule has 3 aromatic carbocycles. The van der Waals surface area contributed by atoms with Crippen molar-refractivity contribution in [2.24, 2.45) is 0 Å². The van der Waals surface area contributed by atoms with Crippen LogP contribution >= 0.6 is 11.3 Å². The van der Waals surface area contributed by atoms with Gasteiger partial charge >= 0.3 is 0 Å². The number of hydrogen-bond acceptors (Lipinski definition) is 1. The van der Waals surface area contributed by atoms with E-state index in [0.717, 1.165) is 12.8 Å². The number of nitrogens with zero attached hydrogens (tertiary/aromatic N) is 1. The van der Waals surface area contributed by atoms with Gasteiger partial charge in [0.1, 0.15) is 0 Å². The van der Waals surface area contributed by atoms with Crippen molar-refractivity contribution in [3.63, 3.8) is 0 Å². The maximum atomic E-state index is 2.57. The molecule has 3 heterocycles. The van der Waals surface area contributed by atoms with Crippen LogP contribution in [0.1, 0.15) is 45.2 Å². The molecule has 1 aliphatic rings. The molecule has 0 radical (unpaired) electrons. The molecule has 0 saturated carbocycles. The van der Waals surface area contributed by atoms with Crippen LogP contribution in [0.5, 0.6) is 0 Å². The van der Waals surface area contributed by atoms with Crippen LogP contribution < -0.4 is 4.57 Å². The summed E-state index contributed by atoms with van der Waals surface area (Å²) >= 11 is 1.96. The Hall–Kier alpha value is -2.71. The van der Waals surface area contributed by atoms with Gasteiger partial charge in [-0.25, -0.2) is 0 Å². The van der Waals surface area contributed by atoms with Gasteiger partial charge in [-0.15, -0.1) is 11.3 Å². The summed E-state index contributed by atoms with van der Waals surface area (Å²) in [6.07, 6.45) is 4.62. The molecule has 0 amide bonds. The Bertz CT molecular complexity index is 1440. The third-order valence-corrected chi connectivity index (χ3v) is 8.89. The first kappa shape index (κ1) is 18.1. The summed E-state index contributed by atoms with van der Waals surface area (Å²) in [7, 11) is 0. The Kier molecular flexibility index (Phi) is 3.85. The second kappa shape index (κ2) is 6.39. The van der Waals surface area contributed by atoms with Crippen molar-refractivity contribution < 1.29 is 4.57 Å². The monoisotopic (exact) mass is 408 g/mol. The quantitative estimate of drug-likeness (QED) is 0.262. The first-order valence-corrected chi connectivity index (χ1v) is 11.9. The number of aromatic nitrogens is 1. The van der Waals surface area contributed by atoms with Crippen molar-refractivity contribution in [2.75, 3.05) is 0 Å². The molecular weight excluding hydrogens is 382 g/mol. The molecule has 0 spiro atoms. The summed E-state index contributed by atoms with van der Waals surface area (Å²) in [4.78, 5) is 0. The molecule has 0 fully saturated rings. The molecular formula is C28H26NS+. The molecule has 1 atom stereocenters. The molecule has 5 aromatic rings. The Balaban J connectivity index is 1.86. The largest absolute Gasteiger partial charge is 0.222 e. The van der Waals surface area contributed by atoms with E-state index in [9.17, 15) is 0 Å². The molecule has 6 rings (SSSR count). The van der Waals surface area contributed by atoms with E-state index < -0.39 is 0 Å². The fourth-order valence-corrected chi connectivity index (χ4v) is 7.22. The Morgan fingerprint density at radius 3 is 2.37 bits per heavy atom. The summed E-state index contributed by atoms with van der Waals surface area (Å²) in [5.74, 6) is 0. The van der Waals surface area contributed by atoms with Crippen LogP contribution in [0.4, 0.5) is 0 Å². The predicted molar refractivity (Wildman–Crippen MR) is 129 cm³/mol. The minimum absolute atomic E-state index is 0.153. The number of hydrogen-bond donors (Lipinski definition) is 0. The van der Waals surface area contributed by atoms with Crippen molar-refractivity contribution in [1.29, 1.82) is 0 Å². The summed E-state index contributed by atoms with van der Waals surface area (Å²) in [6, 6.07) is 25.3. The van der Waals surface area contributed by atoms with Gasteiger partial charge in [-0.05, 0) is 42.8 Å². The third-order valence-electron chi connectivity index (χ3n) is 7.69. The Morgan fingerprint density at radius 2 is 1.57 bits per heavy atom. The van der Waals surface area contributed by atoms with Crippen LogP contribution in [0.2, 0.25) is 0 Å². The second-order valence-corrected chi connectivity index (χ2v) is 9.71. The molecule has 1 nitrogen and oxygen atoms in total. The molecule has 0 N–H and O–H groups in total. The lowest BCUT2D eigenvalue weighted by atomic mass is 9.66. The zero-order valence-corrected chi connectivity index (χ0v) is 18.6. The van der Waals surface area contributed by atoms with Crippen LogP contribution in [0.3, 0.4) is 0 Å². The van der Waals surface area contributed by atoms with E-state index in [1.54, 1.807) is 0 Å². The minimum Gasteiger partial charge on any atom is -0.194 e. The molecule has 30 heavy (non-hydrogen) atoms. The maximum Gasteiger partial charge on any atom is 0.222 e. The lowest BCUT2D eigenvalue weighted by molar-refractivity contribution is -0.720. The van der Waals surface area contributed by atoms with E-state index in [4.69, 9.17) is 0 Å². The van der Waals surface area contributed by atoms with Crippen LogP contribution in [0.25, 0.3) is 42.2 Å². The number of fused-ring (bicyclic) bond motifs is 9. The number of thiophene rings is 1. The fraction of sp³-hybridized carbons (Fsp3) is 0.250. The highest BCUT2D eigenvalue weighted by Crippen LogP contribution is 2.52. The molecule has 0 bridgehead atoms. The van der Waals surface area contributed by atoms with Gasteiger partial charge in [0.15, 0.2) is 12.2 Å². The number of pyridine rings is 1. The second-order valence-electron chi connectivity index (χ2n) is 8.66. The summed E-state index contributed by atoms with van der Waals surface area (Å²) in [6.45, 7) is 7.15. The molecule has 1 unspecified atom stereocenters. The van der Waals surface area contributed by atoms with E-state index in [-0.39, 0.29) is 5.41 Å². The van der Waals surface area contributed by atoms with Gasteiger partial charge in [-0.3, -0.25) is 0 Å². The average Bonchev–Trinajstić information content (AvgIpc) is 3.18. The van der Waals surface area contributed by atoms with Crippen LogP contribution in [-0.2, 0) is 5.41 Å². The van der Waals surface area contributed by atoms with Gasteiger partial charge in [-0.1, -0.05) is 62.4 Å².